The maximum atomic E-state index is 6.68. The zero-order valence-corrected chi connectivity index (χ0v) is 36.0. The third-order valence-electron chi connectivity index (χ3n) is 11.6. The fourth-order valence-electron chi connectivity index (χ4n) is 8.07. The first-order valence-electron chi connectivity index (χ1n) is 23.7. The number of ether oxygens (including phenoxy) is 3. The van der Waals surface area contributed by atoms with Crippen LogP contribution in [0.15, 0.2) is 24.3 Å². The molecule has 2 atom stereocenters. The minimum atomic E-state index is 0.0277. The fourth-order valence-corrected chi connectivity index (χ4v) is 8.07. The van der Waals surface area contributed by atoms with Crippen molar-refractivity contribution in [3.05, 3.63) is 24.3 Å². The van der Waals surface area contributed by atoms with E-state index in [1.54, 1.807) is 0 Å². The molecule has 1 aromatic carbocycles. The molecule has 0 N–H and O–H groups in total. The lowest BCUT2D eigenvalue weighted by Gasteiger charge is -2.33. The Morgan fingerprint density at radius 1 is 0.434 bits per heavy atom. The summed E-state index contributed by atoms with van der Waals surface area (Å²) in [6.45, 7) is 14.7. The van der Waals surface area contributed by atoms with Crippen molar-refractivity contribution in [1.29, 1.82) is 0 Å². The molecule has 0 radical (unpaired) electrons. The van der Waals surface area contributed by atoms with Crippen LogP contribution in [0.3, 0.4) is 0 Å². The first kappa shape index (κ1) is 47.9. The summed E-state index contributed by atoms with van der Waals surface area (Å²) in [5.41, 5.74) is 0. The topological polar surface area (TPSA) is 34.2 Å². The quantitative estimate of drug-likeness (QED) is 0.0657. The standard InChI is InChI=1S/C48H90N2O3/c1-5-9-11-13-15-17-19-21-23-25-27-29-31-33-40-49(7-3)47-38-42-51-43-39-48(53-46-37-35-36-45(44-46)52-47)50(8-4)41-34-32-30-28-26-24-22-20-18-16-14-12-10-6-2/h35-37,44,47-48H,5-34,38-43H2,1-4H3. The Labute approximate surface area is 331 Å². The molecular formula is C48H90N2O3. The van der Waals surface area contributed by atoms with Gasteiger partial charge in [-0.05, 0) is 38.1 Å². The third-order valence-corrected chi connectivity index (χ3v) is 11.6. The number of hydrogen-bond donors (Lipinski definition) is 0. The van der Waals surface area contributed by atoms with Crippen LogP contribution in [0, 0.1) is 0 Å². The zero-order chi connectivity index (χ0) is 37.9. The van der Waals surface area contributed by atoms with E-state index in [4.69, 9.17) is 14.2 Å². The Bertz CT molecular complexity index is 845. The lowest BCUT2D eigenvalue weighted by molar-refractivity contribution is -0.0260. The van der Waals surface area contributed by atoms with Gasteiger partial charge in [-0.15, -0.1) is 0 Å². The monoisotopic (exact) mass is 743 g/mol. The van der Waals surface area contributed by atoms with E-state index in [9.17, 15) is 0 Å². The van der Waals surface area contributed by atoms with Gasteiger partial charge in [0.15, 0.2) is 12.5 Å². The second-order valence-corrected chi connectivity index (χ2v) is 16.3. The van der Waals surface area contributed by atoms with E-state index in [2.05, 4.69) is 61.8 Å². The van der Waals surface area contributed by atoms with Gasteiger partial charge < -0.3 is 14.2 Å². The van der Waals surface area contributed by atoms with Crippen molar-refractivity contribution in [2.45, 2.75) is 233 Å². The summed E-state index contributed by atoms with van der Waals surface area (Å²) < 4.78 is 19.6. The molecule has 1 aromatic rings. The Kier molecular flexibility index (Phi) is 31.7. The van der Waals surface area contributed by atoms with Crippen LogP contribution < -0.4 is 9.47 Å². The van der Waals surface area contributed by atoms with Gasteiger partial charge in [0.1, 0.15) is 11.5 Å². The molecule has 0 spiro atoms. The number of rotatable bonds is 34. The van der Waals surface area contributed by atoms with E-state index in [1.165, 1.54) is 180 Å². The van der Waals surface area contributed by atoms with Crippen molar-refractivity contribution in [2.24, 2.45) is 0 Å². The number of hydrogen-bond acceptors (Lipinski definition) is 5. The highest BCUT2D eigenvalue weighted by Gasteiger charge is 2.23. The van der Waals surface area contributed by atoms with E-state index >= 15 is 0 Å². The van der Waals surface area contributed by atoms with Crippen molar-refractivity contribution in [1.82, 2.24) is 9.80 Å². The average Bonchev–Trinajstić information content (AvgIpc) is 3.17. The second-order valence-electron chi connectivity index (χ2n) is 16.3. The molecule has 0 amide bonds. The minimum Gasteiger partial charge on any atom is -0.475 e. The van der Waals surface area contributed by atoms with E-state index in [0.29, 0.717) is 0 Å². The molecule has 310 valence electrons. The normalized spacial score (nSPS) is 16.7. The first-order chi connectivity index (χ1) is 26.2. The molecular weight excluding hydrogens is 653 g/mol. The molecule has 5 nitrogen and oxygen atoms in total. The maximum Gasteiger partial charge on any atom is 0.154 e. The largest absolute Gasteiger partial charge is 0.475 e. The van der Waals surface area contributed by atoms with Crippen molar-refractivity contribution >= 4 is 0 Å². The summed E-state index contributed by atoms with van der Waals surface area (Å²) in [5, 5.41) is 0. The molecule has 0 aromatic heterocycles. The summed E-state index contributed by atoms with van der Waals surface area (Å²) in [6.07, 6.45) is 40.9. The Morgan fingerprint density at radius 2 is 0.736 bits per heavy atom. The van der Waals surface area contributed by atoms with Crippen molar-refractivity contribution in [3.63, 3.8) is 0 Å². The lowest BCUT2D eigenvalue weighted by atomic mass is 10.0. The number of unbranched alkanes of at least 4 members (excludes halogenated alkanes) is 26. The van der Waals surface area contributed by atoms with Gasteiger partial charge in [0, 0.05) is 32.0 Å². The van der Waals surface area contributed by atoms with Crippen LogP contribution in [0.25, 0.3) is 0 Å². The van der Waals surface area contributed by atoms with E-state index in [1.807, 2.05) is 0 Å². The summed E-state index contributed by atoms with van der Waals surface area (Å²) in [7, 11) is 0. The number of nitrogens with zero attached hydrogens (tertiary/aromatic N) is 2. The third kappa shape index (κ3) is 25.5. The Balaban J connectivity index is 1.67. The Hall–Kier alpha value is -1.30. The lowest BCUT2D eigenvalue weighted by Crippen LogP contribution is -2.42. The number of benzene rings is 1. The number of fused-ring (bicyclic) bond motifs is 2. The van der Waals surface area contributed by atoms with Crippen LogP contribution >= 0.6 is 0 Å². The van der Waals surface area contributed by atoms with Gasteiger partial charge in [-0.1, -0.05) is 201 Å². The molecule has 2 bridgehead atoms. The fraction of sp³-hybridized carbons (Fsp3) is 0.875. The average molecular weight is 743 g/mol. The second kappa shape index (κ2) is 35.1. The summed E-state index contributed by atoms with van der Waals surface area (Å²) in [5.74, 6) is 1.81. The summed E-state index contributed by atoms with van der Waals surface area (Å²) in [6, 6.07) is 8.39. The predicted octanol–water partition coefficient (Wildman–Crippen LogP) is 14.5. The highest BCUT2D eigenvalue weighted by Crippen LogP contribution is 2.26. The highest BCUT2D eigenvalue weighted by molar-refractivity contribution is 5.33. The van der Waals surface area contributed by atoms with Crippen LogP contribution in [-0.4, -0.2) is 61.6 Å². The van der Waals surface area contributed by atoms with E-state index < -0.39 is 0 Å². The van der Waals surface area contributed by atoms with Gasteiger partial charge in [0.2, 0.25) is 0 Å². The van der Waals surface area contributed by atoms with Gasteiger partial charge >= 0.3 is 0 Å². The van der Waals surface area contributed by atoms with E-state index in [0.717, 1.165) is 63.7 Å². The van der Waals surface area contributed by atoms with E-state index in [-0.39, 0.29) is 12.5 Å². The zero-order valence-electron chi connectivity index (χ0n) is 36.0. The van der Waals surface area contributed by atoms with Crippen LogP contribution in [0.2, 0.25) is 0 Å². The van der Waals surface area contributed by atoms with Crippen LogP contribution in [-0.2, 0) is 4.74 Å². The SMILES string of the molecule is CCCCCCCCCCCCCCCCN(CC)C1CCOCCC(N(CC)CCCCCCCCCCCCCCCC)Oc2cccc(c2)O1. The van der Waals surface area contributed by atoms with Crippen LogP contribution in [0.5, 0.6) is 11.5 Å². The minimum absolute atomic E-state index is 0.0277. The molecule has 0 aliphatic carbocycles. The molecule has 1 heterocycles. The molecule has 1 aliphatic heterocycles. The van der Waals surface area contributed by atoms with Crippen molar-refractivity contribution in [3.8, 4) is 11.5 Å². The van der Waals surface area contributed by atoms with Gasteiger partial charge in [0.25, 0.3) is 0 Å². The predicted molar refractivity (Wildman–Crippen MR) is 230 cm³/mol. The molecule has 1 aliphatic rings. The molecule has 53 heavy (non-hydrogen) atoms. The molecule has 0 saturated carbocycles. The molecule has 2 unspecified atom stereocenters. The first-order valence-corrected chi connectivity index (χ1v) is 23.7. The molecule has 2 rings (SSSR count). The molecule has 0 saturated heterocycles. The maximum absolute atomic E-state index is 6.68. The van der Waals surface area contributed by atoms with Gasteiger partial charge in [-0.2, -0.15) is 0 Å². The van der Waals surface area contributed by atoms with Crippen LogP contribution in [0.4, 0.5) is 0 Å². The van der Waals surface area contributed by atoms with Crippen molar-refractivity contribution < 1.29 is 14.2 Å². The molecule has 0 fully saturated rings. The van der Waals surface area contributed by atoms with Crippen LogP contribution in [0.1, 0.15) is 220 Å². The smallest absolute Gasteiger partial charge is 0.154 e. The van der Waals surface area contributed by atoms with Gasteiger partial charge in [-0.3, -0.25) is 9.80 Å². The highest BCUT2D eigenvalue weighted by atomic mass is 16.5. The Morgan fingerprint density at radius 3 is 1.04 bits per heavy atom. The summed E-state index contributed by atoms with van der Waals surface area (Å²) in [4.78, 5) is 5.03. The van der Waals surface area contributed by atoms with Gasteiger partial charge in [-0.25, -0.2) is 0 Å². The van der Waals surface area contributed by atoms with Crippen molar-refractivity contribution in [2.75, 3.05) is 39.4 Å². The van der Waals surface area contributed by atoms with Gasteiger partial charge in [0.05, 0.1) is 13.2 Å². The summed E-state index contributed by atoms with van der Waals surface area (Å²) >= 11 is 0. The molecule has 5 heteroatoms.